The van der Waals surface area contributed by atoms with Crippen LogP contribution in [0.1, 0.15) is 37.3 Å². The Hall–Kier alpha value is -1.71. The summed E-state index contributed by atoms with van der Waals surface area (Å²) in [6.45, 7) is 5.44. The van der Waals surface area contributed by atoms with Gasteiger partial charge >= 0.3 is 0 Å². The lowest BCUT2D eigenvalue weighted by Crippen LogP contribution is -2.29. The highest BCUT2D eigenvalue weighted by molar-refractivity contribution is 5.97. The molecule has 1 unspecified atom stereocenters. The quantitative estimate of drug-likeness (QED) is 0.373. The van der Waals surface area contributed by atoms with Crippen molar-refractivity contribution in [3.63, 3.8) is 0 Å². The van der Waals surface area contributed by atoms with Crippen molar-refractivity contribution in [2.75, 3.05) is 11.4 Å². The highest BCUT2D eigenvalue weighted by Gasteiger charge is 2.24. The van der Waals surface area contributed by atoms with Crippen LogP contribution in [0.3, 0.4) is 0 Å². The average Bonchev–Trinajstić information content (AvgIpc) is 2.85. The zero-order valence-corrected chi connectivity index (χ0v) is 11.1. The molecule has 0 aromatic heterocycles. The molecule has 1 heterocycles. The van der Waals surface area contributed by atoms with E-state index in [2.05, 4.69) is 30.0 Å². The molecule has 1 saturated heterocycles. The summed E-state index contributed by atoms with van der Waals surface area (Å²) in [5.74, 6) is 0.165. The molecule has 0 radical (unpaired) electrons. The van der Waals surface area contributed by atoms with Crippen LogP contribution in [0.15, 0.2) is 23.4 Å². The molecule has 4 heteroatoms. The number of benzene rings is 1. The first-order valence-corrected chi connectivity index (χ1v) is 6.52. The maximum absolute atomic E-state index is 8.69. The summed E-state index contributed by atoms with van der Waals surface area (Å²) in [6, 6.07) is 6.63. The molecule has 0 saturated carbocycles. The minimum atomic E-state index is 0.165. The van der Waals surface area contributed by atoms with Crippen LogP contribution in [0.4, 0.5) is 5.69 Å². The van der Waals surface area contributed by atoms with Gasteiger partial charge in [0.15, 0.2) is 5.84 Å². The van der Waals surface area contributed by atoms with E-state index in [1.807, 2.05) is 12.1 Å². The van der Waals surface area contributed by atoms with Gasteiger partial charge in [-0.1, -0.05) is 12.1 Å². The lowest BCUT2D eigenvalue weighted by molar-refractivity contribution is 0.318. The van der Waals surface area contributed by atoms with Gasteiger partial charge in [0.2, 0.25) is 0 Å². The summed E-state index contributed by atoms with van der Waals surface area (Å²) in [6.07, 6.45) is 3.72. The molecule has 1 aliphatic rings. The third-order valence-electron chi connectivity index (χ3n) is 3.76. The van der Waals surface area contributed by atoms with Crippen LogP contribution in [0.25, 0.3) is 0 Å². The number of nitrogens with two attached hydrogens (primary N) is 1. The van der Waals surface area contributed by atoms with Crippen molar-refractivity contribution in [1.82, 2.24) is 0 Å². The molecule has 1 fully saturated rings. The molecule has 98 valence electrons. The van der Waals surface area contributed by atoms with Crippen LogP contribution in [0.5, 0.6) is 0 Å². The predicted molar refractivity (Wildman–Crippen MR) is 74.3 cm³/mol. The van der Waals surface area contributed by atoms with Gasteiger partial charge in [0.25, 0.3) is 0 Å². The number of nitrogens with zero attached hydrogens (tertiary/aromatic N) is 2. The molecule has 2 rings (SSSR count). The fraction of sp³-hybridized carbons (Fsp3) is 0.500. The van der Waals surface area contributed by atoms with Crippen molar-refractivity contribution in [1.29, 1.82) is 0 Å². The molecule has 0 bridgehead atoms. The first kappa shape index (κ1) is 12.7. The molecule has 18 heavy (non-hydrogen) atoms. The number of amidine groups is 1. The van der Waals surface area contributed by atoms with Gasteiger partial charge in [0.05, 0.1) is 0 Å². The molecule has 1 aromatic carbocycles. The standard InChI is InChI=1S/C14H21N3O/c1-3-12-5-4-8-17(12)13-7-6-11(9-10(13)2)14(15)16-18/h6-7,9,12,18H,3-5,8H2,1-2H3,(H2,15,16). The van der Waals surface area contributed by atoms with E-state index >= 15 is 0 Å². The summed E-state index contributed by atoms with van der Waals surface area (Å²) in [5.41, 5.74) is 8.83. The van der Waals surface area contributed by atoms with Crippen LogP contribution in [0.2, 0.25) is 0 Å². The summed E-state index contributed by atoms with van der Waals surface area (Å²) in [5, 5.41) is 11.7. The average molecular weight is 247 g/mol. The van der Waals surface area contributed by atoms with Crippen molar-refractivity contribution >= 4 is 11.5 Å². The van der Waals surface area contributed by atoms with Crippen molar-refractivity contribution in [2.24, 2.45) is 10.9 Å². The Bertz CT molecular complexity index is 456. The molecule has 0 aliphatic carbocycles. The number of rotatable bonds is 3. The largest absolute Gasteiger partial charge is 0.409 e. The molecule has 3 N–H and O–H groups in total. The third kappa shape index (κ3) is 2.28. The summed E-state index contributed by atoms with van der Waals surface area (Å²) < 4.78 is 0. The van der Waals surface area contributed by atoms with Gasteiger partial charge in [-0.25, -0.2) is 0 Å². The molecule has 1 atom stereocenters. The highest BCUT2D eigenvalue weighted by Crippen LogP contribution is 2.30. The fourth-order valence-corrected chi connectivity index (χ4v) is 2.77. The van der Waals surface area contributed by atoms with Crippen molar-refractivity contribution in [2.45, 2.75) is 39.2 Å². The topological polar surface area (TPSA) is 61.8 Å². The lowest BCUT2D eigenvalue weighted by Gasteiger charge is -2.27. The Morgan fingerprint density at radius 2 is 2.33 bits per heavy atom. The first-order valence-electron chi connectivity index (χ1n) is 6.52. The monoisotopic (exact) mass is 247 g/mol. The van der Waals surface area contributed by atoms with Crippen LogP contribution < -0.4 is 10.6 Å². The summed E-state index contributed by atoms with van der Waals surface area (Å²) in [7, 11) is 0. The minimum Gasteiger partial charge on any atom is -0.409 e. The zero-order chi connectivity index (χ0) is 13.1. The second kappa shape index (κ2) is 5.29. The summed E-state index contributed by atoms with van der Waals surface area (Å²) >= 11 is 0. The molecular weight excluding hydrogens is 226 g/mol. The van der Waals surface area contributed by atoms with Gasteiger partial charge in [-0.15, -0.1) is 0 Å². The van der Waals surface area contributed by atoms with Crippen LogP contribution in [0, 0.1) is 6.92 Å². The zero-order valence-electron chi connectivity index (χ0n) is 11.1. The van der Waals surface area contributed by atoms with Gasteiger partial charge in [-0.05, 0) is 49.9 Å². The number of hydrogen-bond acceptors (Lipinski definition) is 3. The van der Waals surface area contributed by atoms with E-state index in [-0.39, 0.29) is 5.84 Å². The van der Waals surface area contributed by atoms with Crippen LogP contribution >= 0.6 is 0 Å². The molecule has 0 spiro atoms. The van der Waals surface area contributed by atoms with E-state index < -0.39 is 0 Å². The van der Waals surface area contributed by atoms with Gasteiger partial charge in [0.1, 0.15) is 0 Å². The smallest absolute Gasteiger partial charge is 0.170 e. The van der Waals surface area contributed by atoms with E-state index in [1.165, 1.54) is 30.5 Å². The predicted octanol–water partition coefficient (Wildman–Crippen LogP) is 2.47. The lowest BCUT2D eigenvalue weighted by atomic mass is 10.1. The van der Waals surface area contributed by atoms with Crippen LogP contribution in [-0.4, -0.2) is 23.6 Å². The summed E-state index contributed by atoms with van der Waals surface area (Å²) in [4.78, 5) is 2.48. The van der Waals surface area contributed by atoms with Gasteiger partial charge in [-0.2, -0.15) is 0 Å². The van der Waals surface area contributed by atoms with E-state index in [0.717, 1.165) is 12.1 Å². The van der Waals surface area contributed by atoms with E-state index in [1.54, 1.807) is 0 Å². The molecule has 0 amide bonds. The molecule has 4 nitrogen and oxygen atoms in total. The van der Waals surface area contributed by atoms with Gasteiger partial charge < -0.3 is 15.8 Å². The second-order valence-corrected chi connectivity index (χ2v) is 4.88. The Labute approximate surface area is 108 Å². The SMILES string of the molecule is CCC1CCCN1c1ccc(/C(N)=N/O)cc1C. The Morgan fingerprint density at radius 1 is 1.56 bits per heavy atom. The number of anilines is 1. The first-order chi connectivity index (χ1) is 8.67. The van der Waals surface area contributed by atoms with Crippen molar-refractivity contribution in [3.8, 4) is 0 Å². The van der Waals surface area contributed by atoms with Gasteiger partial charge in [-0.3, -0.25) is 0 Å². The maximum atomic E-state index is 8.69. The number of aryl methyl sites for hydroxylation is 1. The maximum Gasteiger partial charge on any atom is 0.170 e. The normalized spacial score (nSPS) is 20.4. The van der Waals surface area contributed by atoms with E-state index in [0.29, 0.717) is 6.04 Å². The Morgan fingerprint density at radius 3 is 2.94 bits per heavy atom. The fourth-order valence-electron chi connectivity index (χ4n) is 2.77. The highest BCUT2D eigenvalue weighted by atomic mass is 16.4. The molecule has 1 aromatic rings. The van der Waals surface area contributed by atoms with E-state index in [4.69, 9.17) is 10.9 Å². The Balaban J connectivity index is 2.30. The second-order valence-electron chi connectivity index (χ2n) is 4.88. The van der Waals surface area contributed by atoms with Crippen molar-refractivity contribution in [3.05, 3.63) is 29.3 Å². The van der Waals surface area contributed by atoms with Gasteiger partial charge in [0, 0.05) is 23.8 Å². The molecular formula is C14H21N3O. The Kier molecular flexibility index (Phi) is 3.75. The number of oxime groups is 1. The van der Waals surface area contributed by atoms with E-state index in [9.17, 15) is 0 Å². The van der Waals surface area contributed by atoms with Crippen molar-refractivity contribution < 1.29 is 5.21 Å². The number of hydrogen-bond donors (Lipinski definition) is 2. The van der Waals surface area contributed by atoms with Crippen LogP contribution in [-0.2, 0) is 0 Å². The third-order valence-corrected chi connectivity index (χ3v) is 3.76. The molecule has 1 aliphatic heterocycles. The minimum absolute atomic E-state index is 0.165.